The van der Waals surface area contributed by atoms with Crippen LogP contribution in [0.15, 0.2) is 30.3 Å². The normalized spacial score (nSPS) is 18.5. The van der Waals surface area contributed by atoms with Crippen molar-refractivity contribution in [3.63, 3.8) is 0 Å². The van der Waals surface area contributed by atoms with Crippen molar-refractivity contribution in [3.8, 4) is 0 Å². The molecular weight excluding hydrogens is 256 g/mol. The number of hydrogen-bond donors (Lipinski definition) is 0. The molecule has 0 radical (unpaired) electrons. The number of likely N-dealkylation sites (N-methyl/N-ethyl adjacent to an activating group) is 1. The van der Waals surface area contributed by atoms with Gasteiger partial charge in [0.15, 0.2) is 0 Å². The Morgan fingerprint density at radius 3 is 2.55 bits per heavy atom. The number of carbonyl (C=O) groups excluding carboxylic acids is 3. The van der Waals surface area contributed by atoms with E-state index >= 15 is 0 Å². The summed E-state index contributed by atoms with van der Waals surface area (Å²) in [5, 5.41) is 0. The molecule has 0 unspecified atom stereocenters. The third-order valence-corrected chi connectivity index (χ3v) is 3.57. The Bertz CT molecular complexity index is 527. The van der Waals surface area contributed by atoms with Crippen LogP contribution in [0, 0.1) is 0 Å². The first-order chi connectivity index (χ1) is 9.54. The molecule has 1 aromatic rings. The molecule has 1 atom stereocenters. The summed E-state index contributed by atoms with van der Waals surface area (Å²) >= 11 is 0. The van der Waals surface area contributed by atoms with Crippen LogP contribution in [-0.4, -0.2) is 40.6 Å². The summed E-state index contributed by atoms with van der Waals surface area (Å²) < 4.78 is 0. The number of benzene rings is 1. The minimum absolute atomic E-state index is 0.0773. The quantitative estimate of drug-likeness (QED) is 0.775. The Labute approximate surface area is 118 Å². The standard InChI is InChI=1S/C15H18N2O3/c1-3-13(18)16(2)12-9-14(19)17(15(12)20)10-11-7-5-4-6-8-11/h4-8,12H,3,9-10H2,1-2H3/t12-/m1/s1. The maximum Gasteiger partial charge on any atom is 0.252 e. The van der Waals surface area contributed by atoms with Crippen LogP contribution in [-0.2, 0) is 20.9 Å². The van der Waals surface area contributed by atoms with Gasteiger partial charge in [-0.1, -0.05) is 37.3 Å². The minimum atomic E-state index is -0.654. The predicted molar refractivity (Wildman–Crippen MR) is 73.5 cm³/mol. The van der Waals surface area contributed by atoms with Gasteiger partial charge >= 0.3 is 0 Å². The highest BCUT2D eigenvalue weighted by atomic mass is 16.2. The lowest BCUT2D eigenvalue weighted by molar-refractivity contribution is -0.143. The van der Waals surface area contributed by atoms with Gasteiger partial charge < -0.3 is 4.90 Å². The molecule has 20 heavy (non-hydrogen) atoms. The van der Waals surface area contributed by atoms with Gasteiger partial charge in [0.2, 0.25) is 11.8 Å². The fourth-order valence-corrected chi connectivity index (χ4v) is 2.32. The van der Waals surface area contributed by atoms with Crippen LogP contribution < -0.4 is 0 Å². The van der Waals surface area contributed by atoms with Crippen molar-refractivity contribution in [2.24, 2.45) is 0 Å². The van der Waals surface area contributed by atoms with Gasteiger partial charge in [0.25, 0.3) is 5.91 Å². The highest BCUT2D eigenvalue weighted by molar-refractivity contribution is 6.06. The van der Waals surface area contributed by atoms with E-state index in [1.54, 1.807) is 14.0 Å². The smallest absolute Gasteiger partial charge is 0.252 e. The molecule has 1 aliphatic heterocycles. The molecule has 5 heteroatoms. The molecule has 1 aromatic carbocycles. The van der Waals surface area contributed by atoms with E-state index in [1.807, 2.05) is 30.3 Å². The van der Waals surface area contributed by atoms with Crippen molar-refractivity contribution in [2.75, 3.05) is 7.05 Å². The molecule has 3 amide bonds. The summed E-state index contributed by atoms with van der Waals surface area (Å²) in [7, 11) is 1.58. The number of imide groups is 1. The summed E-state index contributed by atoms with van der Waals surface area (Å²) in [5.41, 5.74) is 0.902. The second kappa shape index (κ2) is 5.86. The van der Waals surface area contributed by atoms with Crippen LogP contribution in [0.3, 0.4) is 0 Å². The summed E-state index contributed by atoms with van der Waals surface area (Å²) in [5.74, 6) is -0.638. The summed E-state index contributed by atoms with van der Waals surface area (Å²) in [6.45, 7) is 2.00. The number of carbonyl (C=O) groups is 3. The van der Waals surface area contributed by atoms with E-state index in [1.165, 1.54) is 9.80 Å². The van der Waals surface area contributed by atoms with Crippen LogP contribution in [0.2, 0.25) is 0 Å². The number of hydrogen-bond acceptors (Lipinski definition) is 3. The third-order valence-electron chi connectivity index (χ3n) is 3.57. The second-order valence-electron chi connectivity index (χ2n) is 4.88. The number of amides is 3. The first-order valence-electron chi connectivity index (χ1n) is 6.68. The zero-order valence-electron chi connectivity index (χ0n) is 11.7. The Balaban J connectivity index is 2.11. The van der Waals surface area contributed by atoms with E-state index in [0.29, 0.717) is 6.42 Å². The molecule has 106 valence electrons. The highest BCUT2D eigenvalue weighted by Crippen LogP contribution is 2.20. The van der Waals surface area contributed by atoms with Crippen molar-refractivity contribution in [3.05, 3.63) is 35.9 Å². The van der Waals surface area contributed by atoms with E-state index in [4.69, 9.17) is 0 Å². The Morgan fingerprint density at radius 1 is 1.30 bits per heavy atom. The second-order valence-corrected chi connectivity index (χ2v) is 4.88. The van der Waals surface area contributed by atoms with E-state index in [9.17, 15) is 14.4 Å². The van der Waals surface area contributed by atoms with Crippen molar-refractivity contribution in [2.45, 2.75) is 32.4 Å². The zero-order chi connectivity index (χ0) is 14.7. The SMILES string of the molecule is CCC(=O)N(C)[C@@H]1CC(=O)N(Cc2ccccc2)C1=O. The minimum Gasteiger partial charge on any atom is -0.333 e. The first-order valence-corrected chi connectivity index (χ1v) is 6.68. The molecule has 0 N–H and O–H groups in total. The topological polar surface area (TPSA) is 57.7 Å². The van der Waals surface area contributed by atoms with Crippen LogP contribution >= 0.6 is 0 Å². The van der Waals surface area contributed by atoms with Gasteiger partial charge in [0.1, 0.15) is 6.04 Å². The molecule has 0 bridgehead atoms. The van der Waals surface area contributed by atoms with Crippen molar-refractivity contribution in [1.29, 1.82) is 0 Å². The van der Waals surface area contributed by atoms with Crippen LogP contribution in [0.25, 0.3) is 0 Å². The van der Waals surface area contributed by atoms with Gasteiger partial charge in [-0.25, -0.2) is 0 Å². The monoisotopic (exact) mass is 274 g/mol. The molecule has 1 aliphatic rings. The molecule has 2 rings (SSSR count). The molecule has 0 saturated carbocycles. The lowest BCUT2D eigenvalue weighted by Crippen LogP contribution is -2.42. The number of rotatable bonds is 4. The lowest BCUT2D eigenvalue weighted by Gasteiger charge is -2.22. The van der Waals surface area contributed by atoms with Gasteiger partial charge in [-0.05, 0) is 5.56 Å². The van der Waals surface area contributed by atoms with Crippen LogP contribution in [0.5, 0.6) is 0 Å². The molecule has 0 aromatic heterocycles. The van der Waals surface area contributed by atoms with Gasteiger partial charge in [-0.15, -0.1) is 0 Å². The molecule has 1 fully saturated rings. The van der Waals surface area contributed by atoms with E-state index in [2.05, 4.69) is 0 Å². The van der Waals surface area contributed by atoms with E-state index < -0.39 is 6.04 Å². The van der Waals surface area contributed by atoms with Gasteiger partial charge in [0.05, 0.1) is 13.0 Å². The average molecular weight is 274 g/mol. The molecule has 5 nitrogen and oxygen atoms in total. The maximum atomic E-state index is 12.3. The summed E-state index contributed by atoms with van der Waals surface area (Å²) in [4.78, 5) is 38.6. The lowest BCUT2D eigenvalue weighted by atomic mass is 10.2. The van der Waals surface area contributed by atoms with Gasteiger partial charge in [-0.2, -0.15) is 0 Å². The molecule has 1 heterocycles. The van der Waals surface area contributed by atoms with E-state index in [0.717, 1.165) is 5.56 Å². The largest absolute Gasteiger partial charge is 0.333 e. The molecule has 1 saturated heterocycles. The Hall–Kier alpha value is -2.17. The van der Waals surface area contributed by atoms with Crippen molar-refractivity contribution >= 4 is 17.7 Å². The summed E-state index contributed by atoms with van der Waals surface area (Å²) in [6, 6.07) is 8.70. The Morgan fingerprint density at radius 2 is 1.95 bits per heavy atom. The Kier molecular flexibility index (Phi) is 4.17. The summed E-state index contributed by atoms with van der Waals surface area (Å²) in [6.07, 6.45) is 0.404. The van der Waals surface area contributed by atoms with Crippen molar-refractivity contribution in [1.82, 2.24) is 9.80 Å². The zero-order valence-corrected chi connectivity index (χ0v) is 11.7. The molecular formula is C15H18N2O3. The molecule has 0 spiro atoms. The van der Waals surface area contributed by atoms with Gasteiger partial charge in [-0.3, -0.25) is 19.3 Å². The first kappa shape index (κ1) is 14.2. The van der Waals surface area contributed by atoms with Gasteiger partial charge in [0, 0.05) is 13.5 Å². The number of likely N-dealkylation sites (tertiary alicyclic amines) is 1. The van der Waals surface area contributed by atoms with E-state index in [-0.39, 0.29) is 30.7 Å². The fraction of sp³-hybridized carbons (Fsp3) is 0.400. The predicted octanol–water partition coefficient (Wildman–Crippen LogP) is 1.18. The maximum absolute atomic E-state index is 12.3. The number of nitrogens with zero attached hydrogens (tertiary/aromatic N) is 2. The van der Waals surface area contributed by atoms with Crippen LogP contribution in [0.1, 0.15) is 25.3 Å². The average Bonchev–Trinajstić information content (AvgIpc) is 2.75. The third kappa shape index (κ3) is 2.71. The molecule has 0 aliphatic carbocycles. The highest BCUT2D eigenvalue weighted by Gasteiger charge is 2.41. The fourth-order valence-electron chi connectivity index (χ4n) is 2.32. The van der Waals surface area contributed by atoms with Crippen LogP contribution in [0.4, 0.5) is 0 Å². The van der Waals surface area contributed by atoms with Crippen molar-refractivity contribution < 1.29 is 14.4 Å².